The first-order valence-corrected chi connectivity index (χ1v) is 10.5. The molecule has 1 saturated heterocycles. The summed E-state index contributed by atoms with van der Waals surface area (Å²) < 4.78 is 13.5. The molecule has 2 aromatic carbocycles. The average molecular weight is 412 g/mol. The Kier molecular flexibility index (Phi) is 7.57. The van der Waals surface area contributed by atoms with E-state index in [-0.39, 0.29) is 17.9 Å². The van der Waals surface area contributed by atoms with Crippen LogP contribution in [0.3, 0.4) is 0 Å². The third kappa shape index (κ3) is 5.89. The van der Waals surface area contributed by atoms with Crippen molar-refractivity contribution in [2.75, 3.05) is 32.7 Å². The molecule has 0 unspecified atom stereocenters. The van der Waals surface area contributed by atoms with Crippen LogP contribution in [-0.4, -0.2) is 65.3 Å². The zero-order chi connectivity index (χ0) is 21.5. The van der Waals surface area contributed by atoms with Gasteiger partial charge in [-0.05, 0) is 44.0 Å². The lowest BCUT2D eigenvalue weighted by atomic mass is 10.2. The first-order valence-electron chi connectivity index (χ1n) is 10.5. The minimum absolute atomic E-state index is 0.0961. The summed E-state index contributed by atoms with van der Waals surface area (Å²) in [6.07, 6.45) is 0.786. The number of rotatable bonds is 6. The van der Waals surface area contributed by atoms with Gasteiger partial charge < -0.3 is 9.80 Å². The highest BCUT2D eigenvalue weighted by Crippen LogP contribution is 2.13. The number of carbonyl (C=O) groups is 2. The maximum Gasteiger partial charge on any atom is 0.254 e. The van der Waals surface area contributed by atoms with Gasteiger partial charge >= 0.3 is 0 Å². The molecule has 1 aliphatic heterocycles. The van der Waals surface area contributed by atoms with Gasteiger partial charge in [-0.15, -0.1) is 0 Å². The van der Waals surface area contributed by atoms with Crippen LogP contribution in [-0.2, 0) is 11.3 Å². The molecule has 30 heavy (non-hydrogen) atoms. The quantitative estimate of drug-likeness (QED) is 0.732. The van der Waals surface area contributed by atoms with Gasteiger partial charge in [0.1, 0.15) is 5.82 Å². The number of amides is 2. The van der Waals surface area contributed by atoms with Crippen molar-refractivity contribution in [3.63, 3.8) is 0 Å². The lowest BCUT2D eigenvalue weighted by Gasteiger charge is -2.30. The highest BCUT2D eigenvalue weighted by atomic mass is 19.1. The highest BCUT2D eigenvalue weighted by Gasteiger charge is 2.24. The van der Waals surface area contributed by atoms with E-state index >= 15 is 0 Å². The summed E-state index contributed by atoms with van der Waals surface area (Å²) in [6.45, 7) is 7.52. The van der Waals surface area contributed by atoms with Crippen LogP contribution in [0.25, 0.3) is 0 Å². The van der Waals surface area contributed by atoms with Gasteiger partial charge in [-0.1, -0.05) is 36.4 Å². The van der Waals surface area contributed by atoms with Crippen LogP contribution in [0.4, 0.5) is 4.39 Å². The smallest absolute Gasteiger partial charge is 0.254 e. The Morgan fingerprint density at radius 1 is 1.00 bits per heavy atom. The molecular formula is C24H30FN3O2. The van der Waals surface area contributed by atoms with Crippen molar-refractivity contribution < 1.29 is 14.0 Å². The Hall–Kier alpha value is -2.73. The molecule has 160 valence electrons. The van der Waals surface area contributed by atoms with Gasteiger partial charge in [-0.3, -0.25) is 14.5 Å². The molecule has 6 heteroatoms. The first kappa shape index (κ1) is 22.0. The molecule has 3 rings (SSSR count). The van der Waals surface area contributed by atoms with E-state index in [0.717, 1.165) is 18.5 Å². The van der Waals surface area contributed by atoms with E-state index in [4.69, 9.17) is 0 Å². The average Bonchev–Trinajstić information content (AvgIpc) is 2.97. The molecule has 0 aromatic heterocycles. The third-order valence-corrected chi connectivity index (χ3v) is 5.45. The molecule has 5 nitrogen and oxygen atoms in total. The molecule has 0 N–H and O–H groups in total. The van der Waals surface area contributed by atoms with Crippen molar-refractivity contribution in [2.24, 2.45) is 0 Å². The normalized spacial score (nSPS) is 15.1. The van der Waals surface area contributed by atoms with Crippen LogP contribution in [0.15, 0.2) is 54.6 Å². The second-order valence-electron chi connectivity index (χ2n) is 8.03. The summed E-state index contributed by atoms with van der Waals surface area (Å²) in [5, 5.41) is 0. The Morgan fingerprint density at radius 2 is 1.77 bits per heavy atom. The Balaban J connectivity index is 1.58. The zero-order valence-corrected chi connectivity index (χ0v) is 17.8. The number of carbonyl (C=O) groups excluding carboxylic acids is 2. The first-order chi connectivity index (χ1) is 14.4. The van der Waals surface area contributed by atoms with Crippen LogP contribution >= 0.6 is 0 Å². The highest BCUT2D eigenvalue weighted by molar-refractivity contribution is 5.94. The van der Waals surface area contributed by atoms with Crippen LogP contribution in [0.5, 0.6) is 0 Å². The minimum Gasteiger partial charge on any atom is -0.337 e. The topological polar surface area (TPSA) is 43.9 Å². The predicted molar refractivity (Wildman–Crippen MR) is 115 cm³/mol. The molecule has 0 spiro atoms. The Labute approximate surface area is 178 Å². The summed E-state index contributed by atoms with van der Waals surface area (Å²) in [6, 6.07) is 15.9. The molecule has 0 aliphatic carbocycles. The van der Waals surface area contributed by atoms with Gasteiger partial charge in [0.15, 0.2) is 0 Å². The number of benzene rings is 2. The summed E-state index contributed by atoms with van der Waals surface area (Å²) in [5.74, 6) is -0.468. The maximum absolute atomic E-state index is 13.5. The van der Waals surface area contributed by atoms with Crippen LogP contribution in [0.1, 0.15) is 36.2 Å². The number of hydrogen-bond donors (Lipinski definition) is 0. The molecule has 0 radical (unpaired) electrons. The summed E-state index contributed by atoms with van der Waals surface area (Å²) >= 11 is 0. The molecule has 2 amide bonds. The summed E-state index contributed by atoms with van der Waals surface area (Å²) in [5.41, 5.74) is 1.48. The van der Waals surface area contributed by atoms with Crippen molar-refractivity contribution in [1.82, 2.24) is 14.7 Å². The van der Waals surface area contributed by atoms with Crippen molar-refractivity contribution in [1.29, 1.82) is 0 Å². The van der Waals surface area contributed by atoms with Crippen molar-refractivity contribution in [2.45, 2.75) is 32.9 Å². The molecule has 1 aliphatic rings. The fourth-order valence-electron chi connectivity index (χ4n) is 3.76. The fraction of sp³-hybridized carbons (Fsp3) is 0.417. The van der Waals surface area contributed by atoms with Gasteiger partial charge in [-0.2, -0.15) is 0 Å². The molecule has 1 fully saturated rings. The van der Waals surface area contributed by atoms with E-state index in [1.54, 1.807) is 17.0 Å². The number of halogens is 1. The minimum atomic E-state index is -0.407. The Morgan fingerprint density at radius 3 is 2.47 bits per heavy atom. The van der Waals surface area contributed by atoms with Crippen molar-refractivity contribution in [3.05, 3.63) is 71.5 Å². The molecule has 1 heterocycles. The van der Waals surface area contributed by atoms with E-state index in [1.165, 1.54) is 12.1 Å². The maximum atomic E-state index is 13.5. The predicted octanol–water partition coefficient (Wildman–Crippen LogP) is 3.41. The van der Waals surface area contributed by atoms with E-state index in [2.05, 4.69) is 4.90 Å². The third-order valence-electron chi connectivity index (χ3n) is 5.45. The van der Waals surface area contributed by atoms with Gasteiger partial charge in [0.2, 0.25) is 5.91 Å². The van der Waals surface area contributed by atoms with Gasteiger partial charge in [-0.25, -0.2) is 4.39 Å². The second-order valence-corrected chi connectivity index (χ2v) is 8.03. The van der Waals surface area contributed by atoms with Crippen LogP contribution < -0.4 is 0 Å². The van der Waals surface area contributed by atoms with E-state index < -0.39 is 5.82 Å². The molecule has 2 aromatic rings. The number of hydrogen-bond acceptors (Lipinski definition) is 3. The Bertz CT molecular complexity index is 857. The zero-order valence-electron chi connectivity index (χ0n) is 17.8. The molecule has 0 saturated carbocycles. The van der Waals surface area contributed by atoms with Crippen LogP contribution in [0, 0.1) is 5.82 Å². The van der Waals surface area contributed by atoms with E-state index in [1.807, 2.05) is 49.1 Å². The van der Waals surface area contributed by atoms with E-state index in [9.17, 15) is 14.0 Å². The fourth-order valence-corrected chi connectivity index (χ4v) is 3.76. The largest absolute Gasteiger partial charge is 0.337 e. The SMILES string of the molecule is CC(C)N(Cc1ccccc1)C(=O)CN1CCCN(C(=O)c2cccc(F)c2)CC1. The molecular weight excluding hydrogens is 381 g/mol. The van der Waals surface area contributed by atoms with E-state index in [0.29, 0.717) is 38.3 Å². The van der Waals surface area contributed by atoms with Gasteiger partial charge in [0.25, 0.3) is 5.91 Å². The monoisotopic (exact) mass is 411 g/mol. The van der Waals surface area contributed by atoms with Crippen molar-refractivity contribution in [3.8, 4) is 0 Å². The van der Waals surface area contributed by atoms with Gasteiger partial charge in [0, 0.05) is 44.3 Å². The summed E-state index contributed by atoms with van der Waals surface area (Å²) in [4.78, 5) is 31.5. The molecule has 0 bridgehead atoms. The lowest BCUT2D eigenvalue weighted by molar-refractivity contribution is -0.134. The number of nitrogens with zero attached hydrogens (tertiary/aromatic N) is 3. The second kappa shape index (κ2) is 10.3. The standard InChI is InChI=1S/C24H30FN3O2/c1-19(2)28(17-20-8-4-3-5-9-20)23(29)18-26-12-7-13-27(15-14-26)24(30)21-10-6-11-22(25)16-21/h3-6,8-11,16,19H,7,12-15,17-18H2,1-2H3. The van der Waals surface area contributed by atoms with Crippen LogP contribution in [0.2, 0.25) is 0 Å². The molecule has 0 atom stereocenters. The van der Waals surface area contributed by atoms with Gasteiger partial charge in [0.05, 0.1) is 6.54 Å². The van der Waals surface area contributed by atoms with Crippen molar-refractivity contribution >= 4 is 11.8 Å². The lowest BCUT2D eigenvalue weighted by Crippen LogP contribution is -2.44. The summed E-state index contributed by atoms with van der Waals surface area (Å²) in [7, 11) is 0.